The molecule has 1 fully saturated rings. The molecule has 1 unspecified atom stereocenters. The van der Waals surface area contributed by atoms with Crippen molar-refractivity contribution < 1.29 is 19.4 Å². The molecule has 0 spiro atoms. The van der Waals surface area contributed by atoms with Crippen molar-refractivity contribution in [1.29, 1.82) is 0 Å². The molecule has 2 rings (SSSR count). The fourth-order valence-corrected chi connectivity index (χ4v) is 1.84. The monoisotopic (exact) mass is 235 g/mol. The number of nitrogens with zero attached hydrogens (tertiary/aromatic N) is 1. The number of cyclic esters (lactones) is 1. The summed E-state index contributed by atoms with van der Waals surface area (Å²) in [5.41, 5.74) is 0.729. The molecule has 0 aromatic heterocycles. The van der Waals surface area contributed by atoms with E-state index in [0.717, 1.165) is 5.69 Å². The van der Waals surface area contributed by atoms with Crippen molar-refractivity contribution in [2.75, 3.05) is 18.1 Å². The average Bonchev–Trinajstić information content (AvgIpc) is 2.32. The predicted octanol–water partition coefficient (Wildman–Crippen LogP) is 1.73. The standard InChI is InChI=1S/C12H13NO4/c14-11(15)6-9-7-13(12(16)17-8-9)10-4-2-1-3-5-10/h1-5,9H,6-8H2,(H,14,15). The Morgan fingerprint density at radius 2 is 2.12 bits per heavy atom. The van der Waals surface area contributed by atoms with Gasteiger partial charge < -0.3 is 9.84 Å². The molecule has 0 saturated carbocycles. The number of para-hydroxylation sites is 1. The summed E-state index contributed by atoms with van der Waals surface area (Å²) in [4.78, 5) is 23.7. The Kier molecular flexibility index (Phi) is 3.27. The van der Waals surface area contributed by atoms with Crippen LogP contribution in [0.4, 0.5) is 10.5 Å². The normalized spacial score (nSPS) is 19.9. The molecule has 0 bridgehead atoms. The Morgan fingerprint density at radius 1 is 1.41 bits per heavy atom. The van der Waals surface area contributed by atoms with Crippen LogP contribution in [0.3, 0.4) is 0 Å². The van der Waals surface area contributed by atoms with Gasteiger partial charge in [0.05, 0.1) is 13.0 Å². The lowest BCUT2D eigenvalue weighted by Gasteiger charge is -2.31. The lowest BCUT2D eigenvalue weighted by atomic mass is 10.0. The van der Waals surface area contributed by atoms with Gasteiger partial charge in [0.15, 0.2) is 0 Å². The Bertz CT molecular complexity index is 418. The number of benzene rings is 1. The molecule has 1 aromatic rings. The Balaban J connectivity index is 2.10. The van der Waals surface area contributed by atoms with Gasteiger partial charge in [0.25, 0.3) is 0 Å². The molecule has 1 amide bonds. The smallest absolute Gasteiger partial charge is 0.414 e. The summed E-state index contributed by atoms with van der Waals surface area (Å²) in [6.07, 6.45) is -0.408. The third kappa shape index (κ3) is 2.75. The molecule has 1 atom stereocenters. The first-order valence-corrected chi connectivity index (χ1v) is 5.38. The maximum atomic E-state index is 11.6. The van der Waals surface area contributed by atoms with E-state index in [4.69, 9.17) is 9.84 Å². The van der Waals surface area contributed by atoms with Gasteiger partial charge >= 0.3 is 12.1 Å². The van der Waals surface area contributed by atoms with Gasteiger partial charge in [-0.3, -0.25) is 9.69 Å². The number of rotatable bonds is 3. The number of aliphatic carboxylic acids is 1. The molecule has 1 heterocycles. The van der Waals surface area contributed by atoms with E-state index in [0.29, 0.717) is 6.54 Å². The van der Waals surface area contributed by atoms with E-state index < -0.39 is 12.1 Å². The number of anilines is 1. The highest BCUT2D eigenvalue weighted by molar-refractivity contribution is 5.88. The van der Waals surface area contributed by atoms with Crippen molar-refractivity contribution in [3.8, 4) is 0 Å². The van der Waals surface area contributed by atoms with Crippen molar-refractivity contribution in [3.63, 3.8) is 0 Å². The van der Waals surface area contributed by atoms with E-state index in [2.05, 4.69) is 0 Å². The highest BCUT2D eigenvalue weighted by atomic mass is 16.6. The first-order chi connectivity index (χ1) is 8.16. The summed E-state index contributed by atoms with van der Waals surface area (Å²) >= 11 is 0. The molecule has 90 valence electrons. The number of carboxylic acid groups (broad SMARTS) is 1. The molecule has 0 aliphatic carbocycles. The zero-order valence-electron chi connectivity index (χ0n) is 9.20. The van der Waals surface area contributed by atoms with Crippen LogP contribution in [0.2, 0.25) is 0 Å². The van der Waals surface area contributed by atoms with Crippen LogP contribution >= 0.6 is 0 Å². The minimum Gasteiger partial charge on any atom is -0.481 e. The fraction of sp³-hybridized carbons (Fsp3) is 0.333. The number of carbonyl (C=O) groups is 2. The van der Waals surface area contributed by atoms with Crippen LogP contribution in [0.1, 0.15) is 6.42 Å². The zero-order valence-corrected chi connectivity index (χ0v) is 9.20. The van der Waals surface area contributed by atoms with Crippen LogP contribution in [-0.2, 0) is 9.53 Å². The van der Waals surface area contributed by atoms with Crippen molar-refractivity contribution in [2.24, 2.45) is 5.92 Å². The van der Waals surface area contributed by atoms with E-state index in [1.807, 2.05) is 18.2 Å². The largest absolute Gasteiger partial charge is 0.481 e. The molecule has 1 aromatic carbocycles. The van der Waals surface area contributed by atoms with Crippen molar-refractivity contribution in [3.05, 3.63) is 30.3 Å². The third-order valence-corrected chi connectivity index (χ3v) is 2.63. The second-order valence-electron chi connectivity index (χ2n) is 3.99. The van der Waals surface area contributed by atoms with Gasteiger partial charge in [0.2, 0.25) is 0 Å². The lowest BCUT2D eigenvalue weighted by Crippen LogP contribution is -2.43. The minimum absolute atomic E-state index is 0.0105. The molecular formula is C12H13NO4. The summed E-state index contributed by atoms with van der Waals surface area (Å²) < 4.78 is 4.98. The molecule has 5 heteroatoms. The Hall–Kier alpha value is -2.04. The van der Waals surface area contributed by atoms with Gasteiger partial charge in [-0.15, -0.1) is 0 Å². The number of hydrogen-bond acceptors (Lipinski definition) is 3. The first kappa shape index (κ1) is 11.4. The maximum absolute atomic E-state index is 11.6. The number of carbonyl (C=O) groups excluding carboxylic acids is 1. The maximum Gasteiger partial charge on any atom is 0.414 e. The minimum atomic E-state index is -0.874. The van der Waals surface area contributed by atoms with E-state index >= 15 is 0 Å². The molecule has 17 heavy (non-hydrogen) atoms. The zero-order chi connectivity index (χ0) is 12.3. The topological polar surface area (TPSA) is 66.8 Å². The van der Waals surface area contributed by atoms with Gasteiger partial charge in [-0.25, -0.2) is 4.79 Å². The second-order valence-corrected chi connectivity index (χ2v) is 3.99. The number of carboxylic acids is 1. The molecule has 0 radical (unpaired) electrons. The summed E-state index contributed by atoms with van der Waals surface area (Å²) in [5, 5.41) is 8.73. The van der Waals surface area contributed by atoms with Gasteiger partial charge in [-0.2, -0.15) is 0 Å². The summed E-state index contributed by atoms with van der Waals surface area (Å²) in [6.45, 7) is 0.559. The van der Waals surface area contributed by atoms with E-state index in [-0.39, 0.29) is 18.9 Å². The first-order valence-electron chi connectivity index (χ1n) is 5.38. The summed E-state index contributed by atoms with van der Waals surface area (Å²) in [7, 11) is 0. The van der Waals surface area contributed by atoms with Crippen LogP contribution in [0, 0.1) is 5.92 Å². The van der Waals surface area contributed by atoms with E-state index in [1.54, 1.807) is 12.1 Å². The van der Waals surface area contributed by atoms with Crippen molar-refractivity contribution in [2.45, 2.75) is 6.42 Å². The fourth-order valence-electron chi connectivity index (χ4n) is 1.84. The van der Waals surface area contributed by atoms with Crippen LogP contribution in [0.5, 0.6) is 0 Å². The van der Waals surface area contributed by atoms with Gasteiger partial charge in [-0.05, 0) is 12.1 Å². The van der Waals surface area contributed by atoms with Crippen molar-refractivity contribution >= 4 is 17.7 Å². The van der Waals surface area contributed by atoms with Crippen molar-refractivity contribution in [1.82, 2.24) is 0 Å². The van der Waals surface area contributed by atoms with E-state index in [1.165, 1.54) is 4.90 Å². The Morgan fingerprint density at radius 3 is 2.76 bits per heavy atom. The second kappa shape index (κ2) is 4.86. The summed E-state index contributed by atoms with van der Waals surface area (Å²) in [5.74, 6) is -1.04. The van der Waals surface area contributed by atoms with E-state index in [9.17, 15) is 9.59 Å². The molecule has 1 aliphatic rings. The summed E-state index contributed by atoms with van der Waals surface area (Å²) in [6, 6.07) is 9.09. The van der Waals surface area contributed by atoms with Gasteiger partial charge in [-0.1, -0.05) is 18.2 Å². The SMILES string of the molecule is O=C(O)CC1COC(=O)N(c2ccccc2)C1. The van der Waals surface area contributed by atoms with Crippen LogP contribution in [0.15, 0.2) is 30.3 Å². The molecule has 5 nitrogen and oxygen atoms in total. The highest BCUT2D eigenvalue weighted by Gasteiger charge is 2.29. The van der Waals surface area contributed by atoms with Crippen LogP contribution in [0.25, 0.3) is 0 Å². The molecular weight excluding hydrogens is 222 g/mol. The van der Waals surface area contributed by atoms with Crippen LogP contribution in [-0.4, -0.2) is 30.3 Å². The lowest BCUT2D eigenvalue weighted by molar-refractivity contribution is -0.138. The molecule has 1 saturated heterocycles. The van der Waals surface area contributed by atoms with Gasteiger partial charge in [0.1, 0.15) is 0 Å². The predicted molar refractivity (Wildman–Crippen MR) is 60.9 cm³/mol. The number of amides is 1. The van der Waals surface area contributed by atoms with Gasteiger partial charge in [0, 0.05) is 18.2 Å². The van der Waals surface area contributed by atoms with Crippen LogP contribution < -0.4 is 4.90 Å². The number of ether oxygens (including phenoxy) is 1. The number of hydrogen-bond donors (Lipinski definition) is 1. The Labute approximate surface area is 98.6 Å². The molecule has 1 aliphatic heterocycles. The average molecular weight is 235 g/mol. The molecule has 1 N–H and O–H groups in total. The quantitative estimate of drug-likeness (QED) is 0.866. The third-order valence-electron chi connectivity index (χ3n) is 2.63. The highest BCUT2D eigenvalue weighted by Crippen LogP contribution is 2.21.